The molecule has 0 aliphatic rings. The van der Waals surface area contributed by atoms with E-state index in [1.165, 1.54) is 0 Å². The number of anilines is 1. The summed E-state index contributed by atoms with van der Waals surface area (Å²) in [6, 6.07) is 6.06. The largest absolute Gasteiger partial charge is 0.396 e. The number of nitrogens with zero attached hydrogens (tertiary/aromatic N) is 1. The molecule has 4 heteroatoms. The lowest BCUT2D eigenvalue weighted by atomic mass is 10.0. The second-order valence-electron chi connectivity index (χ2n) is 5.04. The number of aromatic amines is 1. The number of aliphatic hydroxyl groups is 1. The van der Waals surface area contributed by atoms with E-state index in [2.05, 4.69) is 35.2 Å². The first kappa shape index (κ1) is 11.9. The predicted molar refractivity (Wildman–Crippen MR) is 70.2 cm³/mol. The number of benzene rings is 1. The van der Waals surface area contributed by atoms with E-state index in [0.29, 0.717) is 6.42 Å². The van der Waals surface area contributed by atoms with Crippen molar-refractivity contribution in [3.8, 4) is 0 Å². The molecular formula is C13H19N3O. The molecule has 17 heavy (non-hydrogen) atoms. The minimum atomic E-state index is -0.114. The van der Waals surface area contributed by atoms with Gasteiger partial charge in [-0.05, 0) is 45.4 Å². The molecule has 0 spiro atoms. The highest BCUT2D eigenvalue weighted by Crippen LogP contribution is 2.21. The van der Waals surface area contributed by atoms with Gasteiger partial charge in [0.1, 0.15) is 5.82 Å². The maximum absolute atomic E-state index is 9.00. The van der Waals surface area contributed by atoms with E-state index < -0.39 is 0 Å². The van der Waals surface area contributed by atoms with Crippen molar-refractivity contribution in [2.75, 3.05) is 11.9 Å². The second-order valence-corrected chi connectivity index (χ2v) is 5.04. The summed E-state index contributed by atoms with van der Waals surface area (Å²) in [4.78, 5) is 7.58. The van der Waals surface area contributed by atoms with E-state index in [1.807, 2.05) is 19.1 Å². The van der Waals surface area contributed by atoms with Gasteiger partial charge in [0.25, 0.3) is 0 Å². The van der Waals surface area contributed by atoms with Crippen molar-refractivity contribution in [1.29, 1.82) is 0 Å². The van der Waals surface area contributed by atoms with Crippen LogP contribution in [0.3, 0.4) is 0 Å². The Kier molecular flexibility index (Phi) is 3.07. The third-order valence-electron chi connectivity index (χ3n) is 2.82. The molecule has 1 aromatic heterocycles. The van der Waals surface area contributed by atoms with Gasteiger partial charge in [-0.3, -0.25) is 0 Å². The Morgan fingerprint density at radius 3 is 2.88 bits per heavy atom. The van der Waals surface area contributed by atoms with Crippen LogP contribution < -0.4 is 5.32 Å². The fourth-order valence-corrected chi connectivity index (χ4v) is 1.95. The molecule has 0 aliphatic heterocycles. The van der Waals surface area contributed by atoms with Gasteiger partial charge >= 0.3 is 0 Å². The lowest BCUT2D eigenvalue weighted by molar-refractivity contribution is 0.261. The lowest BCUT2D eigenvalue weighted by Crippen LogP contribution is -2.31. The van der Waals surface area contributed by atoms with Crippen molar-refractivity contribution in [2.45, 2.75) is 32.7 Å². The zero-order valence-corrected chi connectivity index (χ0v) is 10.5. The average molecular weight is 233 g/mol. The molecule has 0 saturated heterocycles. The molecule has 0 bridgehead atoms. The van der Waals surface area contributed by atoms with Crippen LogP contribution in [-0.4, -0.2) is 27.2 Å². The summed E-state index contributed by atoms with van der Waals surface area (Å²) in [5, 5.41) is 12.4. The molecule has 1 heterocycles. The highest BCUT2D eigenvalue weighted by molar-refractivity contribution is 5.79. The van der Waals surface area contributed by atoms with Gasteiger partial charge in [-0.25, -0.2) is 4.98 Å². The van der Waals surface area contributed by atoms with E-state index in [-0.39, 0.29) is 12.1 Å². The molecule has 2 rings (SSSR count). The van der Waals surface area contributed by atoms with Gasteiger partial charge in [0, 0.05) is 17.8 Å². The average Bonchev–Trinajstić information content (AvgIpc) is 2.56. The smallest absolute Gasteiger partial charge is 0.104 e. The van der Waals surface area contributed by atoms with Crippen LogP contribution in [0.4, 0.5) is 5.69 Å². The summed E-state index contributed by atoms with van der Waals surface area (Å²) in [5.41, 5.74) is 2.94. The maximum Gasteiger partial charge on any atom is 0.104 e. The van der Waals surface area contributed by atoms with Crippen LogP contribution >= 0.6 is 0 Å². The van der Waals surface area contributed by atoms with Gasteiger partial charge in [0.05, 0.1) is 11.0 Å². The zero-order chi connectivity index (χ0) is 12.5. The molecule has 4 nitrogen and oxygen atoms in total. The van der Waals surface area contributed by atoms with Crippen molar-refractivity contribution >= 4 is 16.7 Å². The second kappa shape index (κ2) is 4.37. The van der Waals surface area contributed by atoms with Gasteiger partial charge in [-0.15, -0.1) is 0 Å². The quantitative estimate of drug-likeness (QED) is 0.760. The van der Waals surface area contributed by atoms with Crippen molar-refractivity contribution in [2.24, 2.45) is 0 Å². The van der Waals surface area contributed by atoms with E-state index >= 15 is 0 Å². The Balaban J connectivity index is 2.24. The number of fused-ring (bicyclic) bond motifs is 1. The number of nitrogens with one attached hydrogen (secondary N) is 2. The van der Waals surface area contributed by atoms with E-state index in [0.717, 1.165) is 22.5 Å². The van der Waals surface area contributed by atoms with Crippen LogP contribution in [0.25, 0.3) is 11.0 Å². The van der Waals surface area contributed by atoms with Crippen LogP contribution in [0.5, 0.6) is 0 Å². The minimum Gasteiger partial charge on any atom is -0.396 e. The Hall–Kier alpha value is -1.55. The van der Waals surface area contributed by atoms with Crippen LogP contribution in [0.2, 0.25) is 0 Å². The van der Waals surface area contributed by atoms with Gasteiger partial charge in [-0.1, -0.05) is 0 Å². The molecule has 0 unspecified atom stereocenters. The third kappa shape index (κ3) is 2.77. The number of rotatable bonds is 4. The van der Waals surface area contributed by atoms with Crippen LogP contribution in [0, 0.1) is 6.92 Å². The number of aromatic nitrogens is 2. The molecule has 1 aromatic carbocycles. The summed E-state index contributed by atoms with van der Waals surface area (Å²) < 4.78 is 0. The Morgan fingerprint density at radius 1 is 1.41 bits per heavy atom. The lowest BCUT2D eigenvalue weighted by Gasteiger charge is -2.26. The standard InChI is InChI=1S/C13H19N3O/c1-9-14-11-5-4-10(8-12(11)15-9)16-13(2,3)6-7-17/h4-5,8,16-17H,6-7H2,1-3H3,(H,14,15). The summed E-state index contributed by atoms with van der Waals surface area (Å²) >= 11 is 0. The normalized spacial score (nSPS) is 12.0. The van der Waals surface area contributed by atoms with Crippen LogP contribution in [0.1, 0.15) is 26.1 Å². The Bertz CT molecular complexity index is 516. The predicted octanol–water partition coefficient (Wildman–Crippen LogP) is 2.44. The first-order chi connectivity index (χ1) is 8.00. The molecular weight excluding hydrogens is 214 g/mol. The molecule has 92 valence electrons. The summed E-state index contributed by atoms with van der Waals surface area (Å²) in [5.74, 6) is 0.923. The first-order valence-electron chi connectivity index (χ1n) is 5.86. The van der Waals surface area contributed by atoms with E-state index in [4.69, 9.17) is 5.11 Å². The molecule has 0 saturated carbocycles. The number of hydrogen-bond acceptors (Lipinski definition) is 3. The number of imidazole rings is 1. The summed E-state index contributed by atoms with van der Waals surface area (Å²) in [7, 11) is 0. The molecule has 0 aliphatic carbocycles. The Labute approximate surface area is 101 Å². The summed E-state index contributed by atoms with van der Waals surface area (Å²) in [6.45, 7) is 6.28. The van der Waals surface area contributed by atoms with Crippen molar-refractivity contribution in [3.63, 3.8) is 0 Å². The first-order valence-corrected chi connectivity index (χ1v) is 5.86. The topological polar surface area (TPSA) is 60.9 Å². The molecule has 2 aromatic rings. The molecule has 0 fully saturated rings. The molecule has 0 amide bonds. The minimum absolute atomic E-state index is 0.114. The van der Waals surface area contributed by atoms with Gasteiger partial charge in [-0.2, -0.15) is 0 Å². The van der Waals surface area contributed by atoms with Crippen molar-refractivity contribution < 1.29 is 5.11 Å². The molecule has 0 atom stereocenters. The van der Waals surface area contributed by atoms with Gasteiger partial charge < -0.3 is 15.4 Å². The summed E-state index contributed by atoms with van der Waals surface area (Å²) in [6.07, 6.45) is 0.715. The fraction of sp³-hybridized carbons (Fsp3) is 0.462. The fourth-order valence-electron chi connectivity index (χ4n) is 1.95. The van der Waals surface area contributed by atoms with Crippen LogP contribution in [-0.2, 0) is 0 Å². The van der Waals surface area contributed by atoms with Crippen molar-refractivity contribution in [1.82, 2.24) is 9.97 Å². The molecule has 3 N–H and O–H groups in total. The number of H-pyrrole nitrogens is 1. The Morgan fingerprint density at radius 2 is 2.18 bits per heavy atom. The monoisotopic (exact) mass is 233 g/mol. The van der Waals surface area contributed by atoms with Crippen LogP contribution in [0.15, 0.2) is 18.2 Å². The van der Waals surface area contributed by atoms with Gasteiger partial charge in [0.2, 0.25) is 0 Å². The third-order valence-corrected chi connectivity index (χ3v) is 2.82. The highest BCUT2D eigenvalue weighted by Gasteiger charge is 2.16. The maximum atomic E-state index is 9.00. The van der Waals surface area contributed by atoms with Gasteiger partial charge in [0.15, 0.2) is 0 Å². The SMILES string of the molecule is Cc1nc2ccc(NC(C)(C)CCO)cc2[nH]1. The van der Waals surface area contributed by atoms with Crippen molar-refractivity contribution in [3.05, 3.63) is 24.0 Å². The number of hydrogen-bond donors (Lipinski definition) is 3. The number of aryl methyl sites for hydroxylation is 1. The van der Waals surface area contributed by atoms with E-state index in [9.17, 15) is 0 Å². The zero-order valence-electron chi connectivity index (χ0n) is 10.5. The highest BCUT2D eigenvalue weighted by atomic mass is 16.3. The van der Waals surface area contributed by atoms with E-state index in [1.54, 1.807) is 0 Å². The number of aliphatic hydroxyl groups excluding tert-OH is 1. The molecule has 0 radical (unpaired) electrons.